The molecule has 3 aromatic carbocycles. The fourth-order valence-corrected chi connectivity index (χ4v) is 4.25. The van der Waals surface area contributed by atoms with E-state index in [4.69, 9.17) is 18.9 Å². The second-order valence-electron chi connectivity index (χ2n) is 7.84. The predicted molar refractivity (Wildman–Crippen MR) is 128 cm³/mol. The van der Waals surface area contributed by atoms with Gasteiger partial charge in [0.1, 0.15) is 5.82 Å². The molecule has 0 saturated carbocycles. The SMILES string of the molecule is COc1ccc(NC(=O)C2(c3ccc(F)cc3)CC(=O)N2c2ccc(OC)c(OC)c2)cc1OC. The summed E-state index contributed by atoms with van der Waals surface area (Å²) in [7, 11) is 6.00. The third-order valence-electron chi connectivity index (χ3n) is 6.00. The molecule has 1 aliphatic heterocycles. The first-order chi connectivity index (χ1) is 16.9. The lowest BCUT2D eigenvalue weighted by Gasteiger charge is -2.50. The number of carbonyl (C=O) groups excluding carboxylic acids is 2. The normalized spacial score (nSPS) is 16.8. The Bertz CT molecular complexity index is 1260. The Morgan fingerprint density at radius 2 is 1.40 bits per heavy atom. The molecule has 1 atom stereocenters. The monoisotopic (exact) mass is 480 g/mol. The van der Waals surface area contributed by atoms with Crippen LogP contribution in [0.2, 0.25) is 0 Å². The predicted octanol–water partition coefficient (Wildman–Crippen LogP) is 4.13. The summed E-state index contributed by atoms with van der Waals surface area (Å²) in [4.78, 5) is 28.2. The molecular weight excluding hydrogens is 455 g/mol. The van der Waals surface area contributed by atoms with Crippen LogP contribution in [0.15, 0.2) is 60.7 Å². The first-order valence-electron chi connectivity index (χ1n) is 10.7. The van der Waals surface area contributed by atoms with E-state index in [0.717, 1.165) is 0 Å². The lowest BCUT2D eigenvalue weighted by atomic mass is 9.76. The van der Waals surface area contributed by atoms with Crippen molar-refractivity contribution in [1.29, 1.82) is 0 Å². The first-order valence-corrected chi connectivity index (χ1v) is 10.7. The molecule has 9 heteroatoms. The van der Waals surface area contributed by atoms with Crippen LogP contribution in [0.5, 0.6) is 23.0 Å². The van der Waals surface area contributed by atoms with Gasteiger partial charge in [-0.3, -0.25) is 14.5 Å². The van der Waals surface area contributed by atoms with Crippen LogP contribution in [-0.4, -0.2) is 40.3 Å². The Morgan fingerprint density at radius 1 is 0.829 bits per heavy atom. The quantitative estimate of drug-likeness (QED) is 0.488. The lowest BCUT2D eigenvalue weighted by molar-refractivity contribution is -0.137. The standard InChI is InChI=1S/C26H25FN2O6/c1-32-20-11-9-18(13-22(20)34-3)28-25(31)26(16-5-7-17(27)8-6-16)15-24(30)29(26)19-10-12-21(33-2)23(14-19)35-4/h5-14H,15H2,1-4H3,(H,28,31). The fraction of sp³-hybridized carbons (Fsp3) is 0.231. The van der Waals surface area contributed by atoms with Crippen molar-refractivity contribution in [1.82, 2.24) is 0 Å². The molecule has 1 N–H and O–H groups in total. The van der Waals surface area contributed by atoms with Crippen molar-refractivity contribution in [2.45, 2.75) is 12.0 Å². The molecule has 0 radical (unpaired) electrons. The van der Waals surface area contributed by atoms with Crippen LogP contribution in [0, 0.1) is 5.82 Å². The number of methoxy groups -OCH3 is 4. The molecule has 4 rings (SSSR count). The van der Waals surface area contributed by atoms with Crippen molar-refractivity contribution in [3.8, 4) is 23.0 Å². The van der Waals surface area contributed by atoms with Crippen LogP contribution in [0.4, 0.5) is 15.8 Å². The highest BCUT2D eigenvalue weighted by molar-refractivity contribution is 6.17. The lowest BCUT2D eigenvalue weighted by Crippen LogP contribution is -2.67. The van der Waals surface area contributed by atoms with Gasteiger partial charge in [0.15, 0.2) is 28.5 Å². The number of benzene rings is 3. The minimum atomic E-state index is -1.42. The number of carbonyl (C=O) groups is 2. The van der Waals surface area contributed by atoms with Crippen molar-refractivity contribution < 1.29 is 32.9 Å². The highest BCUT2D eigenvalue weighted by Crippen LogP contribution is 2.47. The van der Waals surface area contributed by atoms with E-state index in [0.29, 0.717) is 39.9 Å². The summed E-state index contributed by atoms with van der Waals surface area (Å²) < 4.78 is 35.0. The molecule has 0 spiro atoms. The Kier molecular flexibility index (Phi) is 6.50. The Morgan fingerprint density at radius 3 is 1.97 bits per heavy atom. The van der Waals surface area contributed by atoms with Crippen LogP contribution < -0.4 is 29.2 Å². The molecule has 0 aliphatic carbocycles. The zero-order valence-electron chi connectivity index (χ0n) is 19.8. The molecule has 1 aliphatic rings. The van der Waals surface area contributed by atoms with Crippen LogP contribution in [0.1, 0.15) is 12.0 Å². The van der Waals surface area contributed by atoms with E-state index in [9.17, 15) is 14.0 Å². The van der Waals surface area contributed by atoms with Gasteiger partial charge in [-0.25, -0.2) is 4.39 Å². The van der Waals surface area contributed by atoms with Gasteiger partial charge in [-0.2, -0.15) is 0 Å². The molecule has 8 nitrogen and oxygen atoms in total. The summed E-state index contributed by atoms with van der Waals surface area (Å²) in [6, 6.07) is 15.4. The van der Waals surface area contributed by atoms with E-state index in [-0.39, 0.29) is 12.3 Å². The molecule has 1 heterocycles. The maximum atomic E-state index is 13.8. The Labute approximate surface area is 202 Å². The number of nitrogens with zero attached hydrogens (tertiary/aromatic N) is 1. The average molecular weight is 480 g/mol. The van der Waals surface area contributed by atoms with Crippen LogP contribution in [0.25, 0.3) is 0 Å². The molecule has 1 fully saturated rings. The van der Waals surface area contributed by atoms with Crippen LogP contribution in [0.3, 0.4) is 0 Å². The van der Waals surface area contributed by atoms with Gasteiger partial charge < -0.3 is 24.3 Å². The van der Waals surface area contributed by atoms with E-state index in [1.807, 2.05) is 0 Å². The van der Waals surface area contributed by atoms with Crippen LogP contribution >= 0.6 is 0 Å². The van der Waals surface area contributed by atoms with Crippen molar-refractivity contribution >= 4 is 23.2 Å². The zero-order valence-corrected chi connectivity index (χ0v) is 19.8. The maximum absolute atomic E-state index is 13.8. The average Bonchev–Trinajstić information content (AvgIpc) is 2.87. The largest absolute Gasteiger partial charge is 0.493 e. The maximum Gasteiger partial charge on any atom is 0.255 e. The summed E-state index contributed by atoms with van der Waals surface area (Å²) in [5, 5.41) is 2.88. The summed E-state index contributed by atoms with van der Waals surface area (Å²) in [5.74, 6) is 0.624. The Balaban J connectivity index is 1.79. The van der Waals surface area contributed by atoms with Gasteiger partial charge >= 0.3 is 0 Å². The summed E-state index contributed by atoms with van der Waals surface area (Å²) >= 11 is 0. The van der Waals surface area contributed by atoms with Gasteiger partial charge in [0, 0.05) is 23.5 Å². The van der Waals surface area contributed by atoms with E-state index in [1.54, 1.807) is 36.4 Å². The van der Waals surface area contributed by atoms with Gasteiger partial charge in [0.2, 0.25) is 5.91 Å². The molecule has 2 amide bonds. The van der Waals surface area contributed by atoms with Crippen molar-refractivity contribution in [3.63, 3.8) is 0 Å². The highest BCUT2D eigenvalue weighted by Gasteiger charge is 2.58. The second-order valence-corrected chi connectivity index (χ2v) is 7.84. The fourth-order valence-electron chi connectivity index (χ4n) is 4.25. The van der Waals surface area contributed by atoms with Gasteiger partial charge in [0.05, 0.1) is 34.9 Å². The summed E-state index contributed by atoms with van der Waals surface area (Å²) in [5.41, 5.74) is -0.0740. The number of hydrogen-bond acceptors (Lipinski definition) is 6. The smallest absolute Gasteiger partial charge is 0.255 e. The van der Waals surface area contributed by atoms with Gasteiger partial charge in [-0.1, -0.05) is 12.1 Å². The van der Waals surface area contributed by atoms with E-state index in [2.05, 4.69) is 5.32 Å². The molecule has 182 valence electrons. The number of β-lactam (4-membered cyclic amide) rings is 1. The number of amides is 2. The van der Waals surface area contributed by atoms with E-state index < -0.39 is 17.3 Å². The third kappa shape index (κ3) is 4.09. The molecule has 3 aromatic rings. The molecule has 1 unspecified atom stereocenters. The van der Waals surface area contributed by atoms with Crippen molar-refractivity contribution in [3.05, 3.63) is 72.0 Å². The zero-order chi connectivity index (χ0) is 25.2. The second kappa shape index (κ2) is 9.54. The summed E-state index contributed by atoms with van der Waals surface area (Å²) in [6.07, 6.45) is -0.105. The topological polar surface area (TPSA) is 86.3 Å². The molecule has 35 heavy (non-hydrogen) atoms. The minimum Gasteiger partial charge on any atom is -0.493 e. The third-order valence-corrected chi connectivity index (χ3v) is 6.00. The number of halogens is 1. The van der Waals surface area contributed by atoms with Crippen molar-refractivity contribution in [2.24, 2.45) is 0 Å². The molecule has 0 bridgehead atoms. The Hall–Kier alpha value is -4.27. The van der Waals surface area contributed by atoms with Gasteiger partial charge in [-0.15, -0.1) is 0 Å². The van der Waals surface area contributed by atoms with Crippen LogP contribution in [-0.2, 0) is 15.1 Å². The summed E-state index contributed by atoms with van der Waals surface area (Å²) in [6.45, 7) is 0. The van der Waals surface area contributed by atoms with Gasteiger partial charge in [-0.05, 0) is 42.0 Å². The number of ether oxygens (including phenoxy) is 4. The van der Waals surface area contributed by atoms with E-state index >= 15 is 0 Å². The number of nitrogens with one attached hydrogen (secondary N) is 1. The number of rotatable bonds is 8. The molecule has 0 aromatic heterocycles. The number of hydrogen-bond donors (Lipinski definition) is 1. The molecular formula is C26H25FN2O6. The first kappa shape index (κ1) is 23.9. The highest BCUT2D eigenvalue weighted by atomic mass is 19.1. The minimum absolute atomic E-state index is 0.105. The van der Waals surface area contributed by atoms with E-state index in [1.165, 1.54) is 57.6 Å². The molecule has 1 saturated heterocycles. The number of anilines is 2. The van der Waals surface area contributed by atoms with Gasteiger partial charge in [0.25, 0.3) is 5.91 Å². The van der Waals surface area contributed by atoms with Crippen molar-refractivity contribution in [2.75, 3.05) is 38.7 Å².